The number of hydrogen-bond acceptors (Lipinski definition) is 4. The molecule has 1 amide bonds. The molecule has 1 fully saturated rings. The summed E-state index contributed by atoms with van der Waals surface area (Å²) >= 11 is 0. The maximum absolute atomic E-state index is 12.7. The average molecular weight is 292 g/mol. The number of nitrogens with zero attached hydrogens (tertiary/aromatic N) is 1. The number of methoxy groups -OCH3 is 1. The van der Waals surface area contributed by atoms with Gasteiger partial charge < -0.3 is 20.1 Å². The Morgan fingerprint density at radius 1 is 1.48 bits per heavy atom. The van der Waals surface area contributed by atoms with Gasteiger partial charge in [-0.3, -0.25) is 4.79 Å². The Bertz CT molecular complexity index is 459. The summed E-state index contributed by atoms with van der Waals surface area (Å²) in [5.74, 6) is 0.763. The second-order valence-corrected chi connectivity index (χ2v) is 5.19. The van der Waals surface area contributed by atoms with Crippen LogP contribution in [0.4, 0.5) is 5.69 Å². The van der Waals surface area contributed by atoms with E-state index in [0.29, 0.717) is 19.7 Å². The van der Waals surface area contributed by atoms with Crippen LogP contribution in [0.5, 0.6) is 5.75 Å². The Morgan fingerprint density at radius 2 is 2.33 bits per heavy atom. The zero-order chi connectivity index (χ0) is 15.1. The van der Waals surface area contributed by atoms with E-state index in [-0.39, 0.29) is 12.0 Å². The van der Waals surface area contributed by atoms with Gasteiger partial charge in [-0.05, 0) is 44.4 Å². The van der Waals surface area contributed by atoms with Crippen LogP contribution in [0.1, 0.15) is 25.7 Å². The number of anilines is 1. The Hall–Kier alpha value is -1.59. The van der Waals surface area contributed by atoms with Gasteiger partial charge in [0.1, 0.15) is 11.9 Å². The summed E-state index contributed by atoms with van der Waals surface area (Å²) < 4.78 is 10.9. The van der Waals surface area contributed by atoms with Gasteiger partial charge in [-0.15, -0.1) is 0 Å². The fraction of sp³-hybridized carbons (Fsp3) is 0.562. The third-order valence-electron chi connectivity index (χ3n) is 3.67. The molecule has 1 aliphatic heterocycles. The predicted molar refractivity (Wildman–Crippen MR) is 82.6 cm³/mol. The Labute approximate surface area is 126 Å². The minimum Gasteiger partial charge on any atom is -0.497 e. The van der Waals surface area contributed by atoms with Gasteiger partial charge in [0.05, 0.1) is 7.11 Å². The van der Waals surface area contributed by atoms with E-state index >= 15 is 0 Å². The first-order valence-electron chi connectivity index (χ1n) is 7.53. The van der Waals surface area contributed by atoms with Gasteiger partial charge in [0, 0.05) is 24.9 Å². The summed E-state index contributed by atoms with van der Waals surface area (Å²) in [6.07, 6.45) is 3.30. The minimum atomic E-state index is -0.331. The number of rotatable bonds is 6. The molecule has 5 nitrogen and oxygen atoms in total. The van der Waals surface area contributed by atoms with Crippen molar-refractivity contribution in [3.05, 3.63) is 24.3 Å². The van der Waals surface area contributed by atoms with E-state index in [1.165, 1.54) is 0 Å². The van der Waals surface area contributed by atoms with Gasteiger partial charge in [0.2, 0.25) is 0 Å². The molecule has 1 aliphatic rings. The minimum absolute atomic E-state index is 0.0244. The molecule has 0 bridgehead atoms. The molecule has 0 spiro atoms. The highest BCUT2D eigenvalue weighted by Gasteiger charge is 2.27. The summed E-state index contributed by atoms with van der Waals surface area (Å²) in [5.41, 5.74) is 6.43. The van der Waals surface area contributed by atoms with Crippen LogP contribution in [-0.2, 0) is 9.53 Å². The SMILES string of the molecule is COc1cccc(N(CCCN)C(=O)C2CCCCO2)c1. The molecular weight excluding hydrogens is 268 g/mol. The van der Waals surface area contributed by atoms with Crippen molar-refractivity contribution in [1.29, 1.82) is 0 Å². The first-order chi connectivity index (χ1) is 10.3. The molecule has 116 valence electrons. The Morgan fingerprint density at radius 3 is 3.00 bits per heavy atom. The van der Waals surface area contributed by atoms with Gasteiger partial charge in [0.15, 0.2) is 0 Å². The van der Waals surface area contributed by atoms with E-state index in [1.807, 2.05) is 24.3 Å². The highest BCUT2D eigenvalue weighted by atomic mass is 16.5. The third-order valence-corrected chi connectivity index (χ3v) is 3.67. The molecule has 1 saturated heterocycles. The van der Waals surface area contributed by atoms with Crippen molar-refractivity contribution in [3.63, 3.8) is 0 Å². The van der Waals surface area contributed by atoms with Crippen molar-refractivity contribution >= 4 is 11.6 Å². The molecule has 0 aromatic heterocycles. The molecule has 2 N–H and O–H groups in total. The second-order valence-electron chi connectivity index (χ2n) is 5.19. The van der Waals surface area contributed by atoms with Crippen molar-refractivity contribution in [3.8, 4) is 5.75 Å². The molecule has 2 rings (SSSR count). The van der Waals surface area contributed by atoms with E-state index in [0.717, 1.165) is 37.1 Å². The number of benzene rings is 1. The molecule has 1 aromatic carbocycles. The number of nitrogens with two attached hydrogens (primary N) is 1. The molecule has 5 heteroatoms. The largest absolute Gasteiger partial charge is 0.497 e. The van der Waals surface area contributed by atoms with E-state index in [9.17, 15) is 4.79 Å². The Kier molecular flexibility index (Phi) is 6.02. The molecule has 1 atom stereocenters. The normalized spacial score (nSPS) is 18.3. The summed E-state index contributed by atoms with van der Waals surface area (Å²) in [4.78, 5) is 14.5. The molecule has 0 aliphatic carbocycles. The van der Waals surface area contributed by atoms with Crippen LogP contribution in [0.2, 0.25) is 0 Å². The van der Waals surface area contributed by atoms with Crippen molar-refractivity contribution < 1.29 is 14.3 Å². The zero-order valence-electron chi connectivity index (χ0n) is 12.6. The number of carbonyl (C=O) groups excluding carboxylic acids is 1. The summed E-state index contributed by atoms with van der Waals surface area (Å²) in [6, 6.07) is 7.54. The summed E-state index contributed by atoms with van der Waals surface area (Å²) in [5, 5.41) is 0. The monoisotopic (exact) mass is 292 g/mol. The number of ether oxygens (including phenoxy) is 2. The smallest absolute Gasteiger partial charge is 0.256 e. The lowest BCUT2D eigenvalue weighted by molar-refractivity contribution is -0.132. The van der Waals surface area contributed by atoms with Crippen LogP contribution in [0.25, 0.3) is 0 Å². The van der Waals surface area contributed by atoms with Crippen LogP contribution >= 0.6 is 0 Å². The van der Waals surface area contributed by atoms with Crippen molar-refractivity contribution in [1.82, 2.24) is 0 Å². The predicted octanol–water partition coefficient (Wildman–Crippen LogP) is 1.95. The van der Waals surface area contributed by atoms with Gasteiger partial charge in [-0.1, -0.05) is 6.07 Å². The fourth-order valence-electron chi connectivity index (χ4n) is 2.50. The molecular formula is C16H24N2O3. The summed E-state index contributed by atoms with van der Waals surface area (Å²) in [7, 11) is 1.62. The lowest BCUT2D eigenvalue weighted by atomic mass is 10.1. The standard InChI is InChI=1S/C16H24N2O3/c1-20-14-7-4-6-13(12-14)18(10-5-9-17)16(19)15-8-2-3-11-21-15/h4,6-7,12,15H,2-3,5,8-11,17H2,1H3. The number of carbonyl (C=O) groups is 1. The van der Waals surface area contributed by atoms with Gasteiger partial charge in [-0.2, -0.15) is 0 Å². The molecule has 1 heterocycles. The van der Waals surface area contributed by atoms with Gasteiger partial charge >= 0.3 is 0 Å². The molecule has 0 saturated carbocycles. The maximum Gasteiger partial charge on any atom is 0.256 e. The lowest BCUT2D eigenvalue weighted by Crippen LogP contribution is -2.43. The van der Waals surface area contributed by atoms with Crippen LogP contribution in [0, 0.1) is 0 Å². The summed E-state index contributed by atoms with van der Waals surface area (Å²) in [6.45, 7) is 1.82. The fourth-order valence-corrected chi connectivity index (χ4v) is 2.50. The Balaban J connectivity index is 2.17. The first kappa shape index (κ1) is 15.8. The van der Waals surface area contributed by atoms with E-state index in [4.69, 9.17) is 15.2 Å². The van der Waals surface area contributed by atoms with E-state index < -0.39 is 0 Å². The highest BCUT2D eigenvalue weighted by Crippen LogP contribution is 2.24. The molecule has 0 radical (unpaired) electrons. The molecule has 1 unspecified atom stereocenters. The van der Waals surface area contributed by atoms with Crippen molar-refractivity contribution in [2.24, 2.45) is 5.73 Å². The number of amides is 1. The van der Waals surface area contributed by atoms with Gasteiger partial charge in [0.25, 0.3) is 5.91 Å². The molecule has 1 aromatic rings. The maximum atomic E-state index is 12.7. The first-order valence-corrected chi connectivity index (χ1v) is 7.53. The van der Waals surface area contributed by atoms with Crippen LogP contribution in [0.15, 0.2) is 24.3 Å². The van der Waals surface area contributed by atoms with Gasteiger partial charge in [-0.25, -0.2) is 0 Å². The number of hydrogen-bond donors (Lipinski definition) is 1. The third kappa shape index (κ3) is 4.19. The average Bonchev–Trinajstić information content (AvgIpc) is 2.56. The quantitative estimate of drug-likeness (QED) is 0.870. The van der Waals surface area contributed by atoms with Crippen LogP contribution in [-0.4, -0.2) is 38.8 Å². The zero-order valence-corrected chi connectivity index (χ0v) is 12.6. The highest BCUT2D eigenvalue weighted by molar-refractivity contribution is 5.96. The van der Waals surface area contributed by atoms with E-state index in [1.54, 1.807) is 12.0 Å². The van der Waals surface area contributed by atoms with Crippen LogP contribution < -0.4 is 15.4 Å². The second kappa shape index (κ2) is 8.00. The topological polar surface area (TPSA) is 64.8 Å². The van der Waals surface area contributed by atoms with E-state index in [2.05, 4.69) is 0 Å². The lowest BCUT2D eigenvalue weighted by Gasteiger charge is -2.29. The van der Waals surface area contributed by atoms with Crippen LogP contribution in [0.3, 0.4) is 0 Å². The van der Waals surface area contributed by atoms with Crippen molar-refractivity contribution in [2.75, 3.05) is 31.7 Å². The molecule has 21 heavy (non-hydrogen) atoms. The van der Waals surface area contributed by atoms with Crippen molar-refractivity contribution in [2.45, 2.75) is 31.8 Å².